The minimum absolute atomic E-state index is 0.235. The van der Waals surface area contributed by atoms with Crippen molar-refractivity contribution in [3.63, 3.8) is 0 Å². The maximum absolute atomic E-state index is 10.3. The van der Waals surface area contributed by atoms with E-state index in [9.17, 15) is 9.90 Å². The van der Waals surface area contributed by atoms with E-state index in [2.05, 4.69) is 25.2 Å². The lowest BCUT2D eigenvalue weighted by atomic mass is 10.1. The number of ether oxygens (including phenoxy) is 1. The van der Waals surface area contributed by atoms with Crippen LogP contribution in [0.5, 0.6) is 0 Å². The first kappa shape index (κ1) is 20.4. The van der Waals surface area contributed by atoms with Crippen LogP contribution in [0.1, 0.15) is 51.9 Å². The number of allylic oxidation sites excluding steroid dienone is 7. The fourth-order valence-electron chi connectivity index (χ4n) is 2.35. The van der Waals surface area contributed by atoms with Crippen molar-refractivity contribution in [3.05, 3.63) is 48.6 Å². The van der Waals surface area contributed by atoms with Gasteiger partial charge in [-0.15, -0.1) is 0 Å². The highest BCUT2D eigenvalue weighted by molar-refractivity contribution is 5.66. The molecule has 1 saturated heterocycles. The lowest BCUT2D eigenvalue weighted by molar-refractivity contribution is -0.137. The molecule has 0 spiro atoms. The van der Waals surface area contributed by atoms with E-state index in [4.69, 9.17) is 9.84 Å². The van der Waals surface area contributed by atoms with Gasteiger partial charge in [0.1, 0.15) is 0 Å². The highest BCUT2D eigenvalue weighted by Crippen LogP contribution is 2.29. The van der Waals surface area contributed by atoms with E-state index in [-0.39, 0.29) is 12.5 Å². The smallest absolute Gasteiger partial charge is 0.303 e. The third-order valence-electron chi connectivity index (χ3n) is 3.78. The lowest BCUT2D eigenvalue weighted by Gasteiger charge is -2.00. The first-order valence-corrected chi connectivity index (χ1v) is 8.82. The van der Waals surface area contributed by atoms with Crippen LogP contribution in [0.3, 0.4) is 0 Å². The van der Waals surface area contributed by atoms with E-state index in [1.807, 2.05) is 24.3 Å². The van der Waals surface area contributed by atoms with Gasteiger partial charge >= 0.3 is 5.97 Å². The number of carboxylic acid groups (broad SMARTS) is 1. The minimum atomic E-state index is -0.734. The van der Waals surface area contributed by atoms with E-state index in [1.54, 1.807) is 6.08 Å². The summed E-state index contributed by atoms with van der Waals surface area (Å²) in [6, 6.07) is 0. The molecule has 0 aliphatic carbocycles. The average molecular weight is 334 g/mol. The van der Waals surface area contributed by atoms with Crippen LogP contribution in [-0.2, 0) is 9.53 Å². The van der Waals surface area contributed by atoms with Gasteiger partial charge in [0.05, 0.1) is 18.3 Å². The normalized spacial score (nSPS) is 22.2. The molecule has 4 heteroatoms. The Balaban J connectivity index is 1.99. The number of carboxylic acids is 1. The van der Waals surface area contributed by atoms with Crippen molar-refractivity contribution >= 4 is 5.97 Å². The van der Waals surface area contributed by atoms with Crippen LogP contribution < -0.4 is 0 Å². The molecule has 0 aromatic rings. The van der Waals surface area contributed by atoms with Crippen LogP contribution >= 0.6 is 0 Å². The lowest BCUT2D eigenvalue weighted by Crippen LogP contribution is -2.07. The van der Waals surface area contributed by atoms with Crippen molar-refractivity contribution in [1.29, 1.82) is 0 Å². The average Bonchev–Trinajstić information content (AvgIpc) is 3.29. The number of aliphatic hydroxyl groups is 1. The first-order chi connectivity index (χ1) is 11.6. The number of hydrogen-bond acceptors (Lipinski definition) is 3. The highest BCUT2D eigenvalue weighted by Gasteiger charge is 2.37. The molecule has 1 aliphatic heterocycles. The molecule has 1 heterocycles. The molecule has 3 atom stereocenters. The summed E-state index contributed by atoms with van der Waals surface area (Å²) in [5, 5.41) is 18.3. The van der Waals surface area contributed by atoms with Crippen molar-refractivity contribution in [2.75, 3.05) is 0 Å². The topological polar surface area (TPSA) is 70.1 Å². The highest BCUT2D eigenvalue weighted by atomic mass is 16.6. The summed E-state index contributed by atoms with van der Waals surface area (Å²) in [4.78, 5) is 10.3. The monoisotopic (exact) mass is 334 g/mol. The largest absolute Gasteiger partial charge is 0.481 e. The number of rotatable bonds is 13. The third kappa shape index (κ3) is 11.0. The molecule has 1 rings (SSSR count). The zero-order valence-electron chi connectivity index (χ0n) is 14.5. The molecule has 134 valence electrons. The standard InChI is InChI=1S/C20H30O4/c1-2-18-19(24-18)16-17(21)14-12-10-8-6-4-3-5-7-9-11-13-15-20(22)23/h3-4,7-10,12,14,17-19,21H,2,5-6,11,13,15-16H2,1H3,(H,22,23)/b4-3-,9-7-,10-8-,14-12+. The van der Waals surface area contributed by atoms with Crippen molar-refractivity contribution in [2.45, 2.75) is 70.2 Å². The summed E-state index contributed by atoms with van der Waals surface area (Å²) in [7, 11) is 0. The Bertz CT molecular complexity index is 462. The molecular weight excluding hydrogens is 304 g/mol. The summed E-state index contributed by atoms with van der Waals surface area (Å²) in [6.45, 7) is 2.10. The van der Waals surface area contributed by atoms with E-state index >= 15 is 0 Å². The van der Waals surface area contributed by atoms with Crippen molar-refractivity contribution < 1.29 is 19.7 Å². The molecule has 0 radical (unpaired) electrons. The van der Waals surface area contributed by atoms with Crippen LogP contribution in [-0.4, -0.2) is 34.5 Å². The van der Waals surface area contributed by atoms with E-state index in [1.165, 1.54) is 0 Å². The Labute approximate surface area is 145 Å². The second kappa shape index (κ2) is 12.7. The molecule has 0 saturated carbocycles. The third-order valence-corrected chi connectivity index (χ3v) is 3.78. The number of aliphatic carboxylic acids is 1. The Morgan fingerprint density at radius 3 is 2.46 bits per heavy atom. The predicted octanol–water partition coefficient (Wildman–Crippen LogP) is 4.17. The van der Waals surface area contributed by atoms with Gasteiger partial charge in [-0.2, -0.15) is 0 Å². The van der Waals surface area contributed by atoms with Crippen molar-refractivity contribution in [1.82, 2.24) is 0 Å². The van der Waals surface area contributed by atoms with Crippen LogP contribution in [0.2, 0.25) is 0 Å². The molecular formula is C20H30O4. The van der Waals surface area contributed by atoms with Gasteiger partial charge in [0.25, 0.3) is 0 Å². The van der Waals surface area contributed by atoms with Crippen LogP contribution in [0.15, 0.2) is 48.6 Å². The maximum Gasteiger partial charge on any atom is 0.303 e. The zero-order valence-corrected chi connectivity index (χ0v) is 14.5. The Kier molecular flexibility index (Phi) is 10.8. The van der Waals surface area contributed by atoms with Crippen molar-refractivity contribution in [3.8, 4) is 0 Å². The molecule has 0 aromatic heterocycles. The summed E-state index contributed by atoms with van der Waals surface area (Å²) in [5.74, 6) is -0.734. The summed E-state index contributed by atoms with van der Waals surface area (Å²) < 4.78 is 5.41. The van der Waals surface area contributed by atoms with Gasteiger partial charge in [-0.3, -0.25) is 4.79 Å². The summed E-state index contributed by atoms with van der Waals surface area (Å²) >= 11 is 0. The zero-order chi connectivity index (χ0) is 17.6. The number of epoxide rings is 1. The number of carbonyl (C=O) groups is 1. The summed E-state index contributed by atoms with van der Waals surface area (Å²) in [6.07, 6.45) is 21.3. The SMILES string of the molecule is CCC1OC1CC(O)/C=C/C=C\C/C=C\C/C=C\CCCC(=O)O. The van der Waals surface area contributed by atoms with Gasteiger partial charge in [-0.1, -0.05) is 55.5 Å². The number of hydrogen-bond donors (Lipinski definition) is 2. The van der Waals surface area contributed by atoms with Crippen LogP contribution in [0, 0.1) is 0 Å². The molecule has 0 bridgehead atoms. The van der Waals surface area contributed by atoms with E-state index < -0.39 is 12.1 Å². The van der Waals surface area contributed by atoms with Crippen molar-refractivity contribution in [2.24, 2.45) is 0 Å². The Morgan fingerprint density at radius 1 is 1.08 bits per heavy atom. The molecule has 0 aromatic carbocycles. The van der Waals surface area contributed by atoms with Gasteiger partial charge in [0.2, 0.25) is 0 Å². The second-order valence-electron chi connectivity index (χ2n) is 5.94. The molecule has 1 fully saturated rings. The molecule has 3 unspecified atom stereocenters. The minimum Gasteiger partial charge on any atom is -0.481 e. The number of aliphatic hydroxyl groups excluding tert-OH is 1. The Hall–Kier alpha value is -1.65. The fraction of sp³-hybridized carbons (Fsp3) is 0.550. The predicted molar refractivity (Wildman–Crippen MR) is 96.9 cm³/mol. The maximum atomic E-state index is 10.3. The second-order valence-corrected chi connectivity index (χ2v) is 5.94. The van der Waals surface area contributed by atoms with Crippen LogP contribution in [0.4, 0.5) is 0 Å². The van der Waals surface area contributed by atoms with Gasteiger partial charge in [0.15, 0.2) is 0 Å². The summed E-state index contributed by atoms with van der Waals surface area (Å²) in [5.41, 5.74) is 0. The molecule has 0 amide bonds. The molecule has 24 heavy (non-hydrogen) atoms. The molecule has 2 N–H and O–H groups in total. The van der Waals surface area contributed by atoms with Gasteiger partial charge in [-0.05, 0) is 32.1 Å². The Morgan fingerprint density at radius 2 is 1.79 bits per heavy atom. The van der Waals surface area contributed by atoms with Gasteiger partial charge < -0.3 is 14.9 Å². The fourth-order valence-corrected chi connectivity index (χ4v) is 2.35. The van der Waals surface area contributed by atoms with Gasteiger partial charge in [0, 0.05) is 12.8 Å². The quantitative estimate of drug-likeness (QED) is 0.229. The molecule has 4 nitrogen and oxygen atoms in total. The van der Waals surface area contributed by atoms with E-state index in [0.717, 1.165) is 25.7 Å². The first-order valence-electron chi connectivity index (χ1n) is 8.82. The van der Waals surface area contributed by atoms with E-state index in [0.29, 0.717) is 18.9 Å². The number of unbranched alkanes of at least 4 members (excludes halogenated alkanes) is 1. The van der Waals surface area contributed by atoms with Gasteiger partial charge in [-0.25, -0.2) is 0 Å². The van der Waals surface area contributed by atoms with Crippen LogP contribution in [0.25, 0.3) is 0 Å². The molecule has 1 aliphatic rings.